The van der Waals surface area contributed by atoms with Crippen molar-refractivity contribution in [2.24, 2.45) is 16.0 Å². The number of carbonyl (C=O) groups is 2. The second-order valence-corrected chi connectivity index (χ2v) is 11.6. The highest BCUT2D eigenvalue weighted by Crippen LogP contribution is 2.38. The molecule has 2 aliphatic heterocycles. The van der Waals surface area contributed by atoms with E-state index >= 15 is 0 Å². The number of amides is 1. The standard InChI is InChI=1S/C28H47N5O7/c1-10-22(34)28(8)23(33(25(36)40-28)16-12-11-14-31-32-29)20(4)30-15-13-27(7,37-9)18(2)17-21-19(3)24(35)39-26(5,6)38-21/h15,18,20,22-23,34H,10-14,16-17H2,1-9H3/t18-,20-,22-,23-,27-,28-/m1/s1. The Balaban J connectivity index is 2.20. The summed E-state index contributed by atoms with van der Waals surface area (Å²) in [5, 5.41) is 14.4. The summed E-state index contributed by atoms with van der Waals surface area (Å²) in [5.41, 5.74) is 7.20. The highest BCUT2D eigenvalue weighted by Gasteiger charge is 2.56. The molecule has 0 bridgehead atoms. The molecule has 2 heterocycles. The van der Waals surface area contributed by atoms with Crippen molar-refractivity contribution >= 4 is 18.3 Å². The van der Waals surface area contributed by atoms with Crippen LogP contribution in [-0.4, -0.2) is 83.7 Å². The van der Waals surface area contributed by atoms with E-state index in [1.807, 2.05) is 27.7 Å². The van der Waals surface area contributed by atoms with Crippen LogP contribution in [-0.2, 0) is 23.7 Å². The van der Waals surface area contributed by atoms with Crippen LogP contribution in [0, 0.1) is 5.92 Å². The van der Waals surface area contributed by atoms with Crippen LogP contribution < -0.4 is 0 Å². The van der Waals surface area contributed by atoms with Crippen LogP contribution in [0.1, 0.15) is 87.5 Å². The molecule has 0 unspecified atom stereocenters. The number of ether oxygens (including phenoxy) is 4. The normalized spacial score (nSPS) is 26.4. The van der Waals surface area contributed by atoms with E-state index in [-0.39, 0.29) is 17.9 Å². The molecule has 1 amide bonds. The lowest BCUT2D eigenvalue weighted by Crippen LogP contribution is -2.55. The Kier molecular flexibility index (Phi) is 11.4. The summed E-state index contributed by atoms with van der Waals surface area (Å²) in [7, 11) is 1.64. The molecule has 1 fully saturated rings. The molecule has 6 atom stereocenters. The number of methoxy groups -OCH3 is 1. The van der Waals surface area contributed by atoms with Crippen molar-refractivity contribution in [2.45, 2.75) is 123 Å². The van der Waals surface area contributed by atoms with E-state index in [0.717, 1.165) is 0 Å². The molecule has 12 heteroatoms. The first kappa shape index (κ1) is 33.4. The molecule has 0 aromatic rings. The van der Waals surface area contributed by atoms with Gasteiger partial charge in [0.1, 0.15) is 5.76 Å². The summed E-state index contributed by atoms with van der Waals surface area (Å²) in [6, 6.07) is -0.873. The van der Waals surface area contributed by atoms with Crippen molar-refractivity contribution in [3.05, 3.63) is 21.8 Å². The van der Waals surface area contributed by atoms with Crippen molar-refractivity contribution < 1.29 is 33.6 Å². The molecule has 0 aromatic heterocycles. The number of rotatable bonds is 15. The number of esters is 1. The fourth-order valence-corrected chi connectivity index (χ4v) is 5.34. The Morgan fingerprint density at radius 1 is 1.23 bits per heavy atom. The van der Waals surface area contributed by atoms with E-state index in [4.69, 9.17) is 29.5 Å². The van der Waals surface area contributed by atoms with Gasteiger partial charge in [-0.05, 0) is 58.4 Å². The molecule has 2 rings (SSSR count). The zero-order valence-corrected chi connectivity index (χ0v) is 25.5. The highest BCUT2D eigenvalue weighted by molar-refractivity contribution is 5.89. The van der Waals surface area contributed by atoms with Crippen LogP contribution in [0.5, 0.6) is 0 Å². The quantitative estimate of drug-likeness (QED) is 0.0706. The van der Waals surface area contributed by atoms with Gasteiger partial charge in [0.05, 0.1) is 29.4 Å². The van der Waals surface area contributed by atoms with Gasteiger partial charge in [0, 0.05) is 58.0 Å². The Labute approximate surface area is 237 Å². The molecular formula is C28H47N5O7. The first-order valence-corrected chi connectivity index (χ1v) is 14.0. The molecule has 0 aliphatic carbocycles. The van der Waals surface area contributed by atoms with Crippen LogP contribution >= 0.6 is 0 Å². The maximum absolute atomic E-state index is 12.9. The monoisotopic (exact) mass is 565 g/mol. The lowest BCUT2D eigenvalue weighted by atomic mass is 9.83. The van der Waals surface area contributed by atoms with Crippen LogP contribution in [0.2, 0.25) is 0 Å². The molecule has 0 radical (unpaired) electrons. The molecule has 40 heavy (non-hydrogen) atoms. The number of cyclic esters (lactones) is 2. The minimum Gasteiger partial charge on any atom is -0.457 e. The average molecular weight is 566 g/mol. The van der Waals surface area contributed by atoms with Gasteiger partial charge in [-0.3, -0.25) is 9.89 Å². The third kappa shape index (κ3) is 7.67. The van der Waals surface area contributed by atoms with E-state index in [1.165, 1.54) is 0 Å². The number of nitrogens with zero attached hydrogens (tertiary/aromatic N) is 5. The van der Waals surface area contributed by atoms with E-state index < -0.39 is 35.2 Å². The number of hydrogen-bond donors (Lipinski definition) is 1. The maximum atomic E-state index is 12.9. The SMILES string of the molecule is CC[C@@H](O)[C@@]1(C)OC(=O)N(CCCCN=[N+]=[N-])[C@@H]1[C@@H](C)N=CC[C@@](C)(OC)[C@H](C)CC1=C(C)C(=O)OC(C)(C)O1. The van der Waals surface area contributed by atoms with Gasteiger partial charge in [-0.2, -0.15) is 0 Å². The van der Waals surface area contributed by atoms with Crippen LogP contribution in [0.15, 0.2) is 21.4 Å². The van der Waals surface area contributed by atoms with E-state index in [2.05, 4.69) is 10.0 Å². The molecule has 12 nitrogen and oxygen atoms in total. The topological polar surface area (TPSA) is 156 Å². The summed E-state index contributed by atoms with van der Waals surface area (Å²) in [5.74, 6) is -0.871. The number of allylic oxidation sites excluding steroid dienone is 1. The first-order chi connectivity index (χ1) is 18.7. The number of aliphatic imine (C=N–C) groups is 1. The van der Waals surface area contributed by atoms with E-state index in [0.29, 0.717) is 56.5 Å². The number of carbonyl (C=O) groups excluding carboxylic acids is 2. The van der Waals surface area contributed by atoms with Crippen molar-refractivity contribution in [2.75, 3.05) is 20.2 Å². The van der Waals surface area contributed by atoms with Gasteiger partial charge in [-0.25, -0.2) is 9.59 Å². The summed E-state index contributed by atoms with van der Waals surface area (Å²) in [4.78, 5) is 34.4. The van der Waals surface area contributed by atoms with Crippen molar-refractivity contribution in [1.82, 2.24) is 4.90 Å². The van der Waals surface area contributed by atoms with Gasteiger partial charge in [0.25, 0.3) is 0 Å². The number of aliphatic hydroxyl groups excluding tert-OH is 1. The third-order valence-electron chi connectivity index (χ3n) is 8.21. The van der Waals surface area contributed by atoms with Gasteiger partial charge in [-0.15, -0.1) is 0 Å². The molecule has 226 valence electrons. The fraction of sp³-hybridized carbons (Fsp3) is 0.821. The molecule has 2 aliphatic rings. The maximum Gasteiger partial charge on any atom is 0.410 e. The number of aliphatic hydroxyl groups is 1. The molecule has 0 spiro atoms. The predicted molar refractivity (Wildman–Crippen MR) is 151 cm³/mol. The van der Waals surface area contributed by atoms with Crippen LogP contribution in [0.4, 0.5) is 4.79 Å². The second-order valence-electron chi connectivity index (χ2n) is 11.6. The molecule has 0 aromatic carbocycles. The van der Waals surface area contributed by atoms with Crippen molar-refractivity contribution in [3.8, 4) is 0 Å². The Hall–Kier alpha value is -2.82. The third-order valence-corrected chi connectivity index (χ3v) is 8.21. The highest BCUT2D eigenvalue weighted by atomic mass is 16.7. The van der Waals surface area contributed by atoms with Gasteiger partial charge in [0.2, 0.25) is 5.79 Å². The summed E-state index contributed by atoms with van der Waals surface area (Å²) in [6.45, 7) is 15.4. The van der Waals surface area contributed by atoms with Crippen molar-refractivity contribution in [3.63, 3.8) is 0 Å². The number of unbranched alkanes of at least 4 members (excludes halogenated alkanes) is 1. The number of hydrogen-bond acceptors (Lipinski definition) is 9. The van der Waals surface area contributed by atoms with Gasteiger partial charge in [0.15, 0.2) is 5.60 Å². The second kappa shape index (κ2) is 13.7. The summed E-state index contributed by atoms with van der Waals surface area (Å²) in [6.07, 6.45) is 3.07. The average Bonchev–Trinajstić information content (AvgIpc) is 3.15. The summed E-state index contributed by atoms with van der Waals surface area (Å²) < 4.78 is 22.9. The van der Waals surface area contributed by atoms with Gasteiger partial charge >= 0.3 is 12.1 Å². The Morgan fingerprint density at radius 2 is 1.90 bits per heavy atom. The molecule has 0 saturated carbocycles. The molecule has 1 saturated heterocycles. The van der Waals surface area contributed by atoms with E-state index in [9.17, 15) is 14.7 Å². The smallest absolute Gasteiger partial charge is 0.410 e. The minimum atomic E-state index is -1.13. The lowest BCUT2D eigenvalue weighted by Gasteiger charge is -2.38. The van der Waals surface area contributed by atoms with Gasteiger partial charge < -0.3 is 24.1 Å². The summed E-state index contributed by atoms with van der Waals surface area (Å²) >= 11 is 0. The lowest BCUT2D eigenvalue weighted by molar-refractivity contribution is -0.209. The van der Waals surface area contributed by atoms with E-state index in [1.54, 1.807) is 45.9 Å². The first-order valence-electron chi connectivity index (χ1n) is 14.0. The van der Waals surface area contributed by atoms with Crippen LogP contribution in [0.3, 0.4) is 0 Å². The minimum absolute atomic E-state index is 0.0398. The number of azide groups is 1. The zero-order chi connectivity index (χ0) is 30.3. The largest absolute Gasteiger partial charge is 0.457 e. The van der Waals surface area contributed by atoms with Crippen LogP contribution in [0.25, 0.3) is 10.4 Å². The Morgan fingerprint density at radius 3 is 2.50 bits per heavy atom. The molecule has 1 N–H and O–H groups in total. The van der Waals surface area contributed by atoms with Gasteiger partial charge in [-0.1, -0.05) is 19.0 Å². The predicted octanol–water partition coefficient (Wildman–Crippen LogP) is 5.29. The zero-order valence-electron chi connectivity index (χ0n) is 25.5. The Bertz CT molecular complexity index is 1020. The van der Waals surface area contributed by atoms with Crippen molar-refractivity contribution in [1.29, 1.82) is 0 Å². The molecular weight excluding hydrogens is 518 g/mol. The fourth-order valence-electron chi connectivity index (χ4n) is 5.34.